The molecule has 7 nitrogen and oxygen atoms in total. The van der Waals surface area contributed by atoms with E-state index in [1.54, 1.807) is 17.2 Å². The van der Waals surface area contributed by atoms with E-state index < -0.39 is 17.5 Å². The van der Waals surface area contributed by atoms with Crippen LogP contribution in [0.2, 0.25) is 0 Å². The fourth-order valence-corrected chi connectivity index (χ4v) is 4.85. The lowest BCUT2D eigenvalue weighted by atomic mass is 9.82. The zero-order valence-corrected chi connectivity index (χ0v) is 19.4. The molecule has 0 saturated carbocycles. The third-order valence-corrected chi connectivity index (χ3v) is 6.62. The van der Waals surface area contributed by atoms with Gasteiger partial charge in [-0.2, -0.15) is 0 Å². The molecule has 5 rings (SSSR count). The standard InChI is InChI=1S/C28H27N3O4/c32-25(30(19-24-17-10-18-35-24)23-15-8-3-9-16-23)20-31-26(33)28(29-27(31)34,21-11-4-1-5-12-21)22-13-6-2-7-14-22/h1-2,4-7,10-15,17-18H,3,8-9,16,19-20H2,(H,29,34). The van der Waals surface area contributed by atoms with Gasteiger partial charge in [-0.05, 0) is 48.9 Å². The summed E-state index contributed by atoms with van der Waals surface area (Å²) in [4.78, 5) is 43.4. The first-order chi connectivity index (χ1) is 17.1. The average molecular weight is 470 g/mol. The Morgan fingerprint density at radius 2 is 1.63 bits per heavy atom. The Morgan fingerprint density at radius 1 is 0.943 bits per heavy atom. The van der Waals surface area contributed by atoms with Crippen LogP contribution in [0.5, 0.6) is 0 Å². The first-order valence-corrected chi connectivity index (χ1v) is 11.9. The molecule has 3 aromatic rings. The summed E-state index contributed by atoms with van der Waals surface area (Å²) in [6, 6.07) is 21.3. The van der Waals surface area contributed by atoms with Crippen molar-refractivity contribution in [1.29, 1.82) is 0 Å². The smallest absolute Gasteiger partial charge is 0.326 e. The van der Waals surface area contributed by atoms with E-state index in [1.807, 2.05) is 66.7 Å². The molecule has 4 amide bonds. The van der Waals surface area contributed by atoms with Crippen molar-refractivity contribution in [3.8, 4) is 0 Å². The average Bonchev–Trinajstić information content (AvgIpc) is 3.51. The van der Waals surface area contributed by atoms with Gasteiger partial charge in [0, 0.05) is 5.70 Å². The van der Waals surface area contributed by atoms with Crippen LogP contribution in [-0.4, -0.2) is 34.2 Å². The number of allylic oxidation sites excluding steroid dienone is 2. The van der Waals surface area contributed by atoms with E-state index in [1.165, 1.54) is 0 Å². The highest BCUT2D eigenvalue weighted by molar-refractivity contribution is 6.11. The monoisotopic (exact) mass is 469 g/mol. The van der Waals surface area contributed by atoms with E-state index in [2.05, 4.69) is 11.4 Å². The molecule has 2 aromatic carbocycles. The van der Waals surface area contributed by atoms with Gasteiger partial charge in [0.15, 0.2) is 5.54 Å². The largest absolute Gasteiger partial charge is 0.467 e. The number of nitrogens with one attached hydrogen (secondary N) is 1. The normalized spacial score (nSPS) is 17.1. The van der Waals surface area contributed by atoms with Crippen LogP contribution in [0.4, 0.5) is 4.79 Å². The Hall–Kier alpha value is -4.13. The van der Waals surface area contributed by atoms with Gasteiger partial charge in [0.25, 0.3) is 5.91 Å². The maximum Gasteiger partial charge on any atom is 0.326 e. The number of furan rings is 1. The molecule has 2 heterocycles. The maximum absolute atomic E-state index is 13.9. The van der Waals surface area contributed by atoms with Crippen molar-refractivity contribution in [3.63, 3.8) is 0 Å². The molecule has 1 saturated heterocycles. The molecule has 1 aliphatic carbocycles. The molecule has 0 radical (unpaired) electrons. The third kappa shape index (κ3) is 4.25. The number of nitrogens with zero attached hydrogens (tertiary/aromatic N) is 2. The van der Waals surface area contributed by atoms with Crippen LogP contribution in [-0.2, 0) is 21.7 Å². The zero-order valence-electron chi connectivity index (χ0n) is 19.4. The minimum atomic E-state index is -1.39. The predicted octanol–water partition coefficient (Wildman–Crippen LogP) is 4.56. The zero-order chi connectivity index (χ0) is 24.3. The fourth-order valence-electron chi connectivity index (χ4n) is 4.85. The lowest BCUT2D eigenvalue weighted by Crippen LogP contribution is -2.46. The number of carbonyl (C=O) groups is 3. The minimum absolute atomic E-state index is 0.254. The highest BCUT2D eigenvalue weighted by Gasteiger charge is 2.54. The van der Waals surface area contributed by atoms with Crippen molar-refractivity contribution >= 4 is 17.8 Å². The number of urea groups is 1. The molecule has 7 heteroatoms. The summed E-state index contributed by atoms with van der Waals surface area (Å²) >= 11 is 0. The molecule has 2 aliphatic rings. The van der Waals surface area contributed by atoms with Gasteiger partial charge in [-0.3, -0.25) is 14.5 Å². The van der Waals surface area contributed by atoms with Crippen LogP contribution in [0.3, 0.4) is 0 Å². The van der Waals surface area contributed by atoms with E-state index >= 15 is 0 Å². The van der Waals surface area contributed by atoms with Crippen LogP contribution < -0.4 is 5.32 Å². The molecule has 1 fully saturated rings. The minimum Gasteiger partial charge on any atom is -0.467 e. The summed E-state index contributed by atoms with van der Waals surface area (Å²) in [5, 5.41) is 2.90. The number of hydrogen-bond acceptors (Lipinski definition) is 4. The van der Waals surface area contributed by atoms with Crippen molar-refractivity contribution in [2.45, 2.75) is 37.8 Å². The SMILES string of the molecule is O=C(CN1C(=O)NC(c2ccccc2)(c2ccccc2)C1=O)N(Cc1ccco1)C1=CCCCC1. The van der Waals surface area contributed by atoms with Gasteiger partial charge in [-0.15, -0.1) is 0 Å². The first kappa shape index (κ1) is 22.7. The van der Waals surface area contributed by atoms with Gasteiger partial charge < -0.3 is 14.6 Å². The van der Waals surface area contributed by atoms with Crippen molar-refractivity contribution in [1.82, 2.24) is 15.1 Å². The van der Waals surface area contributed by atoms with Gasteiger partial charge >= 0.3 is 6.03 Å². The van der Waals surface area contributed by atoms with Crippen LogP contribution in [0, 0.1) is 0 Å². The van der Waals surface area contributed by atoms with Crippen molar-refractivity contribution in [2.24, 2.45) is 0 Å². The third-order valence-electron chi connectivity index (χ3n) is 6.62. The summed E-state index contributed by atoms with van der Waals surface area (Å²) in [7, 11) is 0. The van der Waals surface area contributed by atoms with Crippen LogP contribution in [0.25, 0.3) is 0 Å². The predicted molar refractivity (Wildman–Crippen MR) is 130 cm³/mol. The fraction of sp³-hybridized carbons (Fsp3) is 0.250. The van der Waals surface area contributed by atoms with Crippen LogP contribution in [0.1, 0.15) is 42.6 Å². The Bertz CT molecular complexity index is 1200. The molecule has 0 spiro atoms. The van der Waals surface area contributed by atoms with E-state index in [0.29, 0.717) is 16.9 Å². The maximum atomic E-state index is 13.9. The summed E-state index contributed by atoms with van der Waals surface area (Å²) in [5.74, 6) is -0.149. The topological polar surface area (TPSA) is 82.9 Å². The second-order valence-corrected chi connectivity index (χ2v) is 8.80. The molecule has 1 N–H and O–H groups in total. The molecule has 1 aliphatic heterocycles. The number of imide groups is 1. The number of benzene rings is 2. The molecular weight excluding hydrogens is 442 g/mol. The number of hydrogen-bond donors (Lipinski definition) is 1. The highest BCUT2D eigenvalue weighted by Crippen LogP contribution is 2.36. The first-order valence-electron chi connectivity index (χ1n) is 11.9. The summed E-state index contributed by atoms with van der Waals surface area (Å²) in [6.07, 6.45) is 7.36. The molecule has 1 aromatic heterocycles. The van der Waals surface area contributed by atoms with E-state index in [9.17, 15) is 14.4 Å². The van der Waals surface area contributed by atoms with Gasteiger partial charge in [0.05, 0.1) is 12.8 Å². The second kappa shape index (κ2) is 9.62. The number of amides is 4. The van der Waals surface area contributed by atoms with Gasteiger partial charge in [0.1, 0.15) is 12.3 Å². The Labute approximate surface area is 204 Å². The molecule has 0 bridgehead atoms. The van der Waals surface area contributed by atoms with Crippen molar-refractivity contribution in [2.75, 3.05) is 6.54 Å². The van der Waals surface area contributed by atoms with Crippen molar-refractivity contribution in [3.05, 3.63) is 108 Å². The molecule has 0 unspecified atom stereocenters. The lowest BCUT2D eigenvalue weighted by molar-refractivity contribution is -0.138. The van der Waals surface area contributed by atoms with E-state index in [0.717, 1.165) is 36.3 Å². The van der Waals surface area contributed by atoms with Crippen LogP contribution >= 0.6 is 0 Å². The summed E-state index contributed by atoms with van der Waals surface area (Å²) in [6.45, 7) is -0.103. The summed E-state index contributed by atoms with van der Waals surface area (Å²) in [5.41, 5.74) is 0.793. The van der Waals surface area contributed by atoms with E-state index in [-0.39, 0.29) is 19.0 Å². The Balaban J connectivity index is 1.46. The molecule has 35 heavy (non-hydrogen) atoms. The second-order valence-electron chi connectivity index (χ2n) is 8.80. The van der Waals surface area contributed by atoms with Gasteiger partial charge in [-0.1, -0.05) is 66.7 Å². The number of carbonyl (C=O) groups excluding carboxylic acids is 3. The van der Waals surface area contributed by atoms with Gasteiger partial charge in [-0.25, -0.2) is 4.79 Å². The summed E-state index contributed by atoms with van der Waals surface area (Å²) < 4.78 is 5.49. The molecular formula is C28H27N3O4. The van der Waals surface area contributed by atoms with Crippen LogP contribution in [0.15, 0.2) is 95.2 Å². The highest BCUT2D eigenvalue weighted by atomic mass is 16.3. The Morgan fingerprint density at radius 3 is 2.20 bits per heavy atom. The number of rotatable bonds is 7. The molecule has 0 atom stereocenters. The van der Waals surface area contributed by atoms with Gasteiger partial charge in [0.2, 0.25) is 5.91 Å². The molecule has 178 valence electrons. The quantitative estimate of drug-likeness (QED) is 0.514. The Kier molecular flexibility index (Phi) is 6.23. The van der Waals surface area contributed by atoms with Crippen molar-refractivity contribution < 1.29 is 18.8 Å². The lowest BCUT2D eigenvalue weighted by Gasteiger charge is -2.29. The van der Waals surface area contributed by atoms with E-state index in [4.69, 9.17) is 4.42 Å².